The molecule has 1 fully saturated rings. The van der Waals surface area contributed by atoms with Crippen LogP contribution >= 0.6 is 11.3 Å². The van der Waals surface area contributed by atoms with Gasteiger partial charge >= 0.3 is 0 Å². The topological polar surface area (TPSA) is 51.1 Å². The largest absolute Gasteiger partial charge is 0.377 e. The van der Waals surface area contributed by atoms with E-state index >= 15 is 0 Å². The summed E-state index contributed by atoms with van der Waals surface area (Å²) in [5.74, 6) is 0.732. The highest BCUT2D eigenvalue weighted by molar-refractivity contribution is 7.13. The molecule has 0 saturated carbocycles. The van der Waals surface area contributed by atoms with Gasteiger partial charge in [0.2, 0.25) is 5.95 Å². The predicted octanol–water partition coefficient (Wildman–Crippen LogP) is 3.18. The van der Waals surface area contributed by atoms with Crippen molar-refractivity contribution in [1.29, 1.82) is 0 Å². The monoisotopic (exact) mass is 324 g/mol. The molecular formula is C17H16N4OS. The normalized spacial score (nSPS) is 18.1. The van der Waals surface area contributed by atoms with Crippen molar-refractivity contribution in [3.63, 3.8) is 0 Å². The molecule has 0 spiro atoms. The van der Waals surface area contributed by atoms with Crippen molar-refractivity contribution in [3.05, 3.63) is 59.9 Å². The van der Waals surface area contributed by atoms with Gasteiger partial charge in [-0.25, -0.2) is 15.0 Å². The molecule has 23 heavy (non-hydrogen) atoms. The van der Waals surface area contributed by atoms with E-state index in [1.165, 1.54) is 0 Å². The SMILES string of the molecule is c1ccc(-c2nc([C@@H]3COCCN3c3ncccn3)cs2)cc1. The molecule has 0 bridgehead atoms. The van der Waals surface area contributed by atoms with Gasteiger partial charge in [0.15, 0.2) is 0 Å². The maximum atomic E-state index is 5.67. The van der Waals surface area contributed by atoms with Crippen LogP contribution in [0.2, 0.25) is 0 Å². The maximum absolute atomic E-state index is 5.67. The molecule has 0 unspecified atom stereocenters. The van der Waals surface area contributed by atoms with E-state index in [2.05, 4.69) is 32.4 Å². The van der Waals surface area contributed by atoms with Gasteiger partial charge in [0.05, 0.1) is 24.9 Å². The van der Waals surface area contributed by atoms with Crippen LogP contribution < -0.4 is 4.90 Å². The van der Waals surface area contributed by atoms with Crippen molar-refractivity contribution in [3.8, 4) is 10.6 Å². The zero-order chi connectivity index (χ0) is 15.5. The summed E-state index contributed by atoms with van der Waals surface area (Å²) in [5, 5.41) is 3.14. The van der Waals surface area contributed by atoms with E-state index in [-0.39, 0.29) is 6.04 Å². The minimum atomic E-state index is 0.0554. The van der Waals surface area contributed by atoms with Crippen LogP contribution in [0.4, 0.5) is 5.95 Å². The average molecular weight is 324 g/mol. The summed E-state index contributed by atoms with van der Waals surface area (Å²) >= 11 is 1.66. The standard InChI is InChI=1S/C17H16N4OS/c1-2-5-13(6-3-1)16-20-14(12-23-16)15-11-22-10-9-21(15)17-18-7-4-8-19-17/h1-8,12,15H,9-11H2/t15-/m0/s1. The molecule has 2 aromatic heterocycles. The molecule has 0 radical (unpaired) electrons. The molecule has 5 nitrogen and oxygen atoms in total. The lowest BCUT2D eigenvalue weighted by Crippen LogP contribution is -2.40. The molecule has 0 N–H and O–H groups in total. The summed E-state index contributed by atoms with van der Waals surface area (Å²) in [6.07, 6.45) is 3.54. The number of rotatable bonds is 3. The minimum absolute atomic E-state index is 0.0554. The van der Waals surface area contributed by atoms with E-state index in [9.17, 15) is 0 Å². The lowest BCUT2D eigenvalue weighted by molar-refractivity contribution is 0.0923. The highest BCUT2D eigenvalue weighted by Gasteiger charge is 2.28. The summed E-state index contributed by atoms with van der Waals surface area (Å²) in [6.45, 7) is 2.06. The van der Waals surface area contributed by atoms with E-state index in [1.54, 1.807) is 23.7 Å². The molecule has 1 aliphatic heterocycles. The molecule has 1 aromatic carbocycles. The summed E-state index contributed by atoms with van der Waals surface area (Å²) in [4.78, 5) is 15.8. The van der Waals surface area contributed by atoms with Crippen molar-refractivity contribution in [2.45, 2.75) is 6.04 Å². The first-order valence-electron chi connectivity index (χ1n) is 7.54. The Labute approximate surface area is 138 Å². The molecular weight excluding hydrogens is 308 g/mol. The molecule has 0 amide bonds. The van der Waals surface area contributed by atoms with Gasteiger partial charge in [0.1, 0.15) is 5.01 Å². The van der Waals surface area contributed by atoms with E-state index in [0.29, 0.717) is 13.2 Å². The quantitative estimate of drug-likeness (QED) is 0.740. The summed E-state index contributed by atoms with van der Waals surface area (Å²) in [7, 11) is 0. The van der Waals surface area contributed by atoms with Crippen molar-refractivity contribution in [1.82, 2.24) is 15.0 Å². The maximum Gasteiger partial charge on any atom is 0.225 e. The van der Waals surface area contributed by atoms with Gasteiger partial charge in [-0.15, -0.1) is 11.3 Å². The fourth-order valence-electron chi connectivity index (χ4n) is 2.68. The second kappa shape index (κ2) is 6.44. The lowest BCUT2D eigenvalue weighted by atomic mass is 10.2. The summed E-state index contributed by atoms with van der Waals surface area (Å²) < 4.78 is 5.67. The Hall–Kier alpha value is -2.31. The highest BCUT2D eigenvalue weighted by atomic mass is 32.1. The van der Waals surface area contributed by atoms with E-state index < -0.39 is 0 Å². The first-order chi connectivity index (χ1) is 11.4. The number of hydrogen-bond donors (Lipinski definition) is 0. The molecule has 0 aliphatic carbocycles. The fraction of sp³-hybridized carbons (Fsp3) is 0.235. The number of hydrogen-bond acceptors (Lipinski definition) is 6. The van der Waals surface area contributed by atoms with Crippen LogP contribution in [0.15, 0.2) is 54.2 Å². The number of benzene rings is 1. The Morgan fingerprint density at radius 1 is 1.09 bits per heavy atom. The van der Waals surface area contributed by atoms with Gasteiger partial charge in [-0.1, -0.05) is 30.3 Å². The van der Waals surface area contributed by atoms with Crippen LogP contribution in [0.25, 0.3) is 10.6 Å². The highest BCUT2D eigenvalue weighted by Crippen LogP contribution is 2.31. The molecule has 3 aromatic rings. The average Bonchev–Trinajstić information content (AvgIpc) is 3.13. The first kappa shape index (κ1) is 14.3. The Morgan fingerprint density at radius 3 is 2.74 bits per heavy atom. The number of nitrogens with zero attached hydrogens (tertiary/aromatic N) is 4. The number of anilines is 1. The Kier molecular flexibility index (Phi) is 4.00. The number of aromatic nitrogens is 3. The third-order valence-corrected chi connectivity index (χ3v) is 4.73. The van der Waals surface area contributed by atoms with E-state index in [1.807, 2.05) is 24.3 Å². The van der Waals surface area contributed by atoms with Crippen LogP contribution in [0.5, 0.6) is 0 Å². The van der Waals surface area contributed by atoms with Crippen LogP contribution in [0.3, 0.4) is 0 Å². The molecule has 1 atom stereocenters. The van der Waals surface area contributed by atoms with Gasteiger partial charge in [-0.3, -0.25) is 0 Å². The number of morpholine rings is 1. The molecule has 4 rings (SSSR count). The zero-order valence-electron chi connectivity index (χ0n) is 12.5. The number of thiazole rings is 1. The van der Waals surface area contributed by atoms with Crippen molar-refractivity contribution < 1.29 is 4.74 Å². The van der Waals surface area contributed by atoms with Gasteiger partial charge in [0.25, 0.3) is 0 Å². The second-order valence-electron chi connectivity index (χ2n) is 5.28. The van der Waals surface area contributed by atoms with Crippen LogP contribution in [-0.2, 0) is 4.74 Å². The van der Waals surface area contributed by atoms with E-state index in [0.717, 1.165) is 28.8 Å². The van der Waals surface area contributed by atoms with Crippen molar-refractivity contribution in [2.75, 3.05) is 24.7 Å². The minimum Gasteiger partial charge on any atom is -0.377 e. The third-order valence-electron chi connectivity index (χ3n) is 3.82. The summed E-state index contributed by atoms with van der Waals surface area (Å²) in [5.41, 5.74) is 2.16. The number of ether oxygens (including phenoxy) is 1. The fourth-order valence-corrected chi connectivity index (χ4v) is 3.55. The van der Waals surface area contributed by atoms with Gasteiger partial charge in [0, 0.05) is 29.9 Å². The smallest absolute Gasteiger partial charge is 0.225 e. The van der Waals surface area contributed by atoms with Crippen LogP contribution in [0, 0.1) is 0 Å². The van der Waals surface area contributed by atoms with E-state index in [4.69, 9.17) is 9.72 Å². The molecule has 1 saturated heterocycles. The molecule has 3 heterocycles. The van der Waals surface area contributed by atoms with Gasteiger partial charge < -0.3 is 9.64 Å². The predicted molar refractivity (Wildman–Crippen MR) is 90.5 cm³/mol. The van der Waals surface area contributed by atoms with Crippen molar-refractivity contribution in [2.24, 2.45) is 0 Å². The first-order valence-corrected chi connectivity index (χ1v) is 8.42. The molecule has 116 valence electrons. The second-order valence-corrected chi connectivity index (χ2v) is 6.13. The Bertz CT molecular complexity index is 763. The summed E-state index contributed by atoms with van der Waals surface area (Å²) in [6, 6.07) is 12.1. The van der Waals surface area contributed by atoms with Gasteiger partial charge in [-0.2, -0.15) is 0 Å². The lowest BCUT2D eigenvalue weighted by Gasteiger charge is -2.34. The Balaban J connectivity index is 1.64. The van der Waals surface area contributed by atoms with Crippen LogP contribution in [0.1, 0.15) is 11.7 Å². The third kappa shape index (κ3) is 2.95. The molecule has 6 heteroatoms. The molecule has 1 aliphatic rings. The van der Waals surface area contributed by atoms with Crippen molar-refractivity contribution >= 4 is 17.3 Å². The van der Waals surface area contributed by atoms with Gasteiger partial charge in [-0.05, 0) is 6.07 Å². The zero-order valence-corrected chi connectivity index (χ0v) is 13.3. The Morgan fingerprint density at radius 2 is 1.91 bits per heavy atom. The van der Waals surface area contributed by atoms with Crippen LogP contribution in [-0.4, -0.2) is 34.7 Å².